The first-order valence-electron chi connectivity index (χ1n) is 6.28. The SMILES string of the molecule is O=Cc1ccc(NCCSCc2ccco2)c([N+](=O)[O-])c1. The van der Waals surface area contributed by atoms with Crippen LogP contribution >= 0.6 is 11.8 Å². The molecule has 1 aromatic heterocycles. The monoisotopic (exact) mass is 306 g/mol. The Hall–Kier alpha value is -2.28. The molecule has 6 nitrogen and oxygen atoms in total. The summed E-state index contributed by atoms with van der Waals surface area (Å²) in [5.41, 5.74) is 0.624. The zero-order valence-electron chi connectivity index (χ0n) is 11.2. The van der Waals surface area contributed by atoms with Crippen LogP contribution in [0.4, 0.5) is 11.4 Å². The Morgan fingerprint density at radius 1 is 1.38 bits per heavy atom. The van der Waals surface area contributed by atoms with Crippen molar-refractivity contribution in [2.24, 2.45) is 0 Å². The molecule has 7 heteroatoms. The summed E-state index contributed by atoms with van der Waals surface area (Å²) < 4.78 is 5.21. The summed E-state index contributed by atoms with van der Waals surface area (Å²) in [5.74, 6) is 2.45. The second-order valence-electron chi connectivity index (χ2n) is 4.21. The summed E-state index contributed by atoms with van der Waals surface area (Å²) in [5, 5.41) is 14.0. The van der Waals surface area contributed by atoms with Crippen molar-refractivity contribution >= 4 is 29.4 Å². The van der Waals surface area contributed by atoms with E-state index in [4.69, 9.17) is 4.42 Å². The summed E-state index contributed by atoms with van der Waals surface area (Å²) >= 11 is 1.67. The van der Waals surface area contributed by atoms with Crippen LogP contribution in [-0.2, 0) is 5.75 Å². The van der Waals surface area contributed by atoms with E-state index in [2.05, 4.69) is 5.32 Å². The molecule has 0 aliphatic rings. The van der Waals surface area contributed by atoms with Gasteiger partial charge in [-0.3, -0.25) is 14.9 Å². The van der Waals surface area contributed by atoms with E-state index >= 15 is 0 Å². The van der Waals surface area contributed by atoms with Gasteiger partial charge < -0.3 is 9.73 Å². The number of nitro groups is 1. The lowest BCUT2D eigenvalue weighted by atomic mass is 10.2. The van der Waals surface area contributed by atoms with E-state index in [9.17, 15) is 14.9 Å². The second-order valence-corrected chi connectivity index (χ2v) is 5.32. The van der Waals surface area contributed by atoms with E-state index in [0.717, 1.165) is 17.3 Å². The molecule has 110 valence electrons. The number of carbonyl (C=O) groups is 1. The van der Waals surface area contributed by atoms with Gasteiger partial charge >= 0.3 is 0 Å². The number of hydrogen-bond donors (Lipinski definition) is 1. The van der Waals surface area contributed by atoms with Crippen molar-refractivity contribution < 1.29 is 14.1 Å². The van der Waals surface area contributed by atoms with Crippen molar-refractivity contribution in [2.75, 3.05) is 17.6 Å². The highest BCUT2D eigenvalue weighted by Crippen LogP contribution is 2.25. The molecule has 0 amide bonds. The molecule has 0 aliphatic carbocycles. The summed E-state index contributed by atoms with van der Waals surface area (Å²) in [6, 6.07) is 8.12. The van der Waals surface area contributed by atoms with Gasteiger partial charge in [0.2, 0.25) is 0 Å². The summed E-state index contributed by atoms with van der Waals surface area (Å²) in [4.78, 5) is 21.1. The molecule has 1 aromatic carbocycles. The van der Waals surface area contributed by atoms with Crippen LogP contribution in [-0.4, -0.2) is 23.5 Å². The molecule has 1 N–H and O–H groups in total. The third kappa shape index (κ3) is 4.35. The third-order valence-corrected chi connectivity index (χ3v) is 3.72. The van der Waals surface area contributed by atoms with Crippen LogP contribution in [0, 0.1) is 10.1 Å². The fraction of sp³-hybridized carbons (Fsp3) is 0.214. The van der Waals surface area contributed by atoms with Gasteiger partial charge in [-0.1, -0.05) is 0 Å². The predicted molar refractivity (Wildman–Crippen MR) is 81.8 cm³/mol. The van der Waals surface area contributed by atoms with E-state index < -0.39 is 4.92 Å². The molecule has 0 aliphatic heterocycles. The molecule has 0 bridgehead atoms. The van der Waals surface area contributed by atoms with Crippen molar-refractivity contribution in [2.45, 2.75) is 5.75 Å². The maximum Gasteiger partial charge on any atom is 0.293 e. The molecule has 0 saturated carbocycles. The highest BCUT2D eigenvalue weighted by molar-refractivity contribution is 7.98. The van der Waals surface area contributed by atoms with Crippen LogP contribution in [0.3, 0.4) is 0 Å². The molecular formula is C14H14N2O4S. The van der Waals surface area contributed by atoms with Crippen LogP contribution < -0.4 is 5.32 Å². The third-order valence-electron chi connectivity index (χ3n) is 2.74. The average molecular weight is 306 g/mol. The Bertz CT molecular complexity index is 613. The van der Waals surface area contributed by atoms with Crippen LogP contribution in [0.2, 0.25) is 0 Å². The number of nitrogens with one attached hydrogen (secondary N) is 1. The maximum atomic E-state index is 11.0. The van der Waals surface area contributed by atoms with Gasteiger partial charge in [-0.2, -0.15) is 11.8 Å². The first-order valence-corrected chi connectivity index (χ1v) is 7.44. The maximum absolute atomic E-state index is 11.0. The zero-order chi connectivity index (χ0) is 15.1. The summed E-state index contributed by atoms with van der Waals surface area (Å²) in [7, 11) is 0. The lowest BCUT2D eigenvalue weighted by Gasteiger charge is -2.07. The normalized spacial score (nSPS) is 10.3. The Morgan fingerprint density at radius 3 is 2.90 bits per heavy atom. The number of aldehydes is 1. The Kier molecular flexibility index (Phi) is 5.39. The van der Waals surface area contributed by atoms with Crippen LogP contribution in [0.15, 0.2) is 41.0 Å². The van der Waals surface area contributed by atoms with Crippen LogP contribution in [0.1, 0.15) is 16.1 Å². The summed E-state index contributed by atoms with van der Waals surface area (Å²) in [6.07, 6.45) is 2.22. The minimum atomic E-state index is -0.495. The van der Waals surface area contributed by atoms with Gasteiger partial charge in [-0.05, 0) is 24.3 Å². The molecule has 0 atom stereocenters. The summed E-state index contributed by atoms with van der Waals surface area (Å²) in [6.45, 7) is 0.590. The first-order chi connectivity index (χ1) is 10.2. The Labute approximate surface area is 125 Å². The zero-order valence-corrected chi connectivity index (χ0v) is 12.0. The molecule has 0 radical (unpaired) electrons. The number of hydrogen-bond acceptors (Lipinski definition) is 6. The number of thioether (sulfide) groups is 1. The largest absolute Gasteiger partial charge is 0.468 e. The molecule has 1 heterocycles. The minimum Gasteiger partial charge on any atom is -0.468 e. The van der Waals surface area contributed by atoms with Crippen molar-refractivity contribution in [1.29, 1.82) is 0 Å². The Morgan fingerprint density at radius 2 is 2.24 bits per heavy atom. The molecular weight excluding hydrogens is 292 g/mol. The molecule has 21 heavy (non-hydrogen) atoms. The van der Waals surface area contributed by atoms with Crippen LogP contribution in [0.25, 0.3) is 0 Å². The number of rotatable bonds is 8. The Balaban J connectivity index is 1.85. The number of nitro benzene ring substituents is 1. The smallest absolute Gasteiger partial charge is 0.293 e. The van der Waals surface area contributed by atoms with Crippen LogP contribution in [0.5, 0.6) is 0 Å². The molecule has 0 saturated heterocycles. The van der Waals surface area contributed by atoms with Gasteiger partial charge in [-0.15, -0.1) is 0 Å². The van der Waals surface area contributed by atoms with Gasteiger partial charge in [0, 0.05) is 23.9 Å². The van der Waals surface area contributed by atoms with E-state index in [1.54, 1.807) is 30.2 Å². The molecule has 2 rings (SSSR count). The standard InChI is InChI=1S/C14H14N2O4S/c17-9-11-3-4-13(14(8-11)16(18)19)15-5-7-21-10-12-2-1-6-20-12/h1-4,6,8-9,15H,5,7,10H2. The molecule has 0 fully saturated rings. The highest BCUT2D eigenvalue weighted by Gasteiger charge is 2.13. The second kappa shape index (κ2) is 7.49. The predicted octanol–water partition coefficient (Wildman–Crippen LogP) is 3.35. The molecule has 0 unspecified atom stereocenters. The topological polar surface area (TPSA) is 85.4 Å². The minimum absolute atomic E-state index is 0.0874. The van der Waals surface area contributed by atoms with E-state index in [1.165, 1.54) is 6.07 Å². The lowest BCUT2D eigenvalue weighted by molar-refractivity contribution is -0.384. The highest BCUT2D eigenvalue weighted by atomic mass is 32.2. The van der Waals surface area contributed by atoms with Gasteiger partial charge in [0.25, 0.3) is 5.69 Å². The average Bonchev–Trinajstić information content (AvgIpc) is 3.00. The van der Waals surface area contributed by atoms with Crippen molar-refractivity contribution in [1.82, 2.24) is 0 Å². The van der Waals surface area contributed by atoms with Gasteiger partial charge in [-0.25, -0.2) is 0 Å². The quantitative estimate of drug-likeness (QED) is 0.348. The van der Waals surface area contributed by atoms with E-state index in [1.807, 2.05) is 12.1 Å². The van der Waals surface area contributed by atoms with Gasteiger partial charge in [0.05, 0.1) is 16.9 Å². The number of furan rings is 1. The van der Waals surface area contributed by atoms with Crippen molar-refractivity contribution in [3.63, 3.8) is 0 Å². The molecule has 0 spiro atoms. The fourth-order valence-electron chi connectivity index (χ4n) is 1.75. The van der Waals surface area contributed by atoms with Crippen molar-refractivity contribution in [3.05, 3.63) is 58.0 Å². The molecule has 2 aromatic rings. The first kappa shape index (κ1) is 15.1. The number of nitrogens with zero attached hydrogens (tertiary/aromatic N) is 1. The van der Waals surface area contributed by atoms with Gasteiger partial charge in [0.15, 0.2) is 0 Å². The van der Waals surface area contributed by atoms with Crippen molar-refractivity contribution in [3.8, 4) is 0 Å². The lowest BCUT2D eigenvalue weighted by Crippen LogP contribution is -2.06. The number of benzene rings is 1. The van der Waals surface area contributed by atoms with Gasteiger partial charge in [0.1, 0.15) is 17.7 Å². The fourth-order valence-corrected chi connectivity index (χ4v) is 2.50. The van der Waals surface area contributed by atoms with E-state index in [0.29, 0.717) is 24.1 Å². The van der Waals surface area contributed by atoms with E-state index in [-0.39, 0.29) is 5.69 Å². The number of carbonyl (C=O) groups excluding carboxylic acids is 1. The number of anilines is 1.